The number of urea groups is 1. The highest BCUT2D eigenvalue weighted by Gasteiger charge is 2.09. The average Bonchev–Trinajstić information content (AvgIpc) is 2.36. The van der Waals surface area contributed by atoms with Crippen molar-refractivity contribution in [2.75, 3.05) is 5.32 Å². The van der Waals surface area contributed by atoms with Crippen molar-refractivity contribution in [3.63, 3.8) is 0 Å². The van der Waals surface area contributed by atoms with E-state index in [1.807, 2.05) is 19.1 Å². The van der Waals surface area contributed by atoms with Gasteiger partial charge in [0, 0.05) is 12.1 Å². The van der Waals surface area contributed by atoms with Crippen LogP contribution in [-0.4, -0.2) is 11.9 Å². The predicted molar refractivity (Wildman–Crippen MR) is 75.7 cm³/mol. The van der Waals surface area contributed by atoms with Crippen LogP contribution in [-0.2, 0) is 4.79 Å². The summed E-state index contributed by atoms with van der Waals surface area (Å²) in [6.07, 6.45) is 2.47. The number of anilines is 1. The van der Waals surface area contributed by atoms with Crippen LogP contribution < -0.4 is 16.4 Å². The van der Waals surface area contributed by atoms with Gasteiger partial charge in [0.1, 0.15) is 0 Å². The first-order chi connectivity index (χ1) is 9.02. The Balaban J connectivity index is 2.55. The summed E-state index contributed by atoms with van der Waals surface area (Å²) in [5.41, 5.74) is 6.65. The van der Waals surface area contributed by atoms with E-state index in [2.05, 4.69) is 17.6 Å². The summed E-state index contributed by atoms with van der Waals surface area (Å²) in [5.74, 6) is 0.0636. The fraction of sp³-hybridized carbons (Fsp3) is 0.429. The van der Waals surface area contributed by atoms with E-state index in [0.29, 0.717) is 12.1 Å². The zero-order chi connectivity index (χ0) is 14.3. The minimum atomic E-state index is -0.589. The molecule has 0 aromatic heterocycles. The number of unbranched alkanes of at least 4 members (excludes halogenated alkanes) is 1. The number of hydrogen-bond donors (Lipinski definition) is 3. The molecule has 4 N–H and O–H groups in total. The number of primary amides is 1. The molecule has 0 bridgehead atoms. The molecular weight excluding hydrogens is 242 g/mol. The van der Waals surface area contributed by atoms with Gasteiger partial charge < -0.3 is 16.4 Å². The minimum Gasteiger partial charge on any atom is -0.351 e. The summed E-state index contributed by atoms with van der Waals surface area (Å²) < 4.78 is 0. The average molecular weight is 263 g/mol. The fourth-order valence-electron chi connectivity index (χ4n) is 1.73. The lowest BCUT2D eigenvalue weighted by molar-refractivity contribution is -0.121. The van der Waals surface area contributed by atoms with Crippen LogP contribution in [0.4, 0.5) is 10.5 Å². The van der Waals surface area contributed by atoms with Crippen LogP contribution in [0.15, 0.2) is 24.3 Å². The summed E-state index contributed by atoms with van der Waals surface area (Å²) in [4.78, 5) is 22.3. The van der Waals surface area contributed by atoms with Gasteiger partial charge in [0.05, 0.1) is 6.04 Å². The smallest absolute Gasteiger partial charge is 0.316 e. The van der Waals surface area contributed by atoms with Crippen molar-refractivity contribution in [2.45, 2.75) is 39.2 Å². The first-order valence-corrected chi connectivity index (χ1v) is 6.48. The molecule has 1 aromatic carbocycles. The second-order valence-electron chi connectivity index (χ2n) is 4.50. The van der Waals surface area contributed by atoms with Crippen LogP contribution in [0, 0.1) is 0 Å². The Hall–Kier alpha value is -2.04. The van der Waals surface area contributed by atoms with Gasteiger partial charge in [-0.3, -0.25) is 4.79 Å². The van der Waals surface area contributed by atoms with Crippen molar-refractivity contribution in [3.8, 4) is 0 Å². The lowest BCUT2D eigenvalue weighted by atomic mass is 10.1. The number of carbonyl (C=O) groups excluding carboxylic acids is 2. The van der Waals surface area contributed by atoms with E-state index < -0.39 is 6.03 Å². The van der Waals surface area contributed by atoms with Gasteiger partial charge in [0.2, 0.25) is 5.91 Å². The van der Waals surface area contributed by atoms with E-state index in [-0.39, 0.29) is 11.9 Å². The van der Waals surface area contributed by atoms with E-state index in [0.717, 1.165) is 18.4 Å². The third-order valence-electron chi connectivity index (χ3n) is 2.81. The normalized spacial score (nSPS) is 11.7. The summed E-state index contributed by atoms with van der Waals surface area (Å²) in [5, 5.41) is 5.43. The SMILES string of the molecule is CCCCC(=O)N[C@H](C)c1ccc(NC(N)=O)cc1. The van der Waals surface area contributed by atoms with E-state index in [4.69, 9.17) is 5.73 Å². The molecule has 5 nitrogen and oxygen atoms in total. The molecule has 1 aromatic rings. The first kappa shape index (κ1) is 15.0. The third kappa shape index (κ3) is 5.42. The number of rotatable bonds is 6. The van der Waals surface area contributed by atoms with Gasteiger partial charge in [-0.2, -0.15) is 0 Å². The van der Waals surface area contributed by atoms with Crippen LogP contribution in [0.5, 0.6) is 0 Å². The van der Waals surface area contributed by atoms with Crippen molar-refractivity contribution in [1.82, 2.24) is 5.32 Å². The molecule has 0 heterocycles. The molecule has 0 radical (unpaired) electrons. The summed E-state index contributed by atoms with van der Waals surface area (Å²) in [6, 6.07) is 6.59. The second kappa shape index (κ2) is 7.41. The van der Waals surface area contributed by atoms with Crippen LogP contribution in [0.25, 0.3) is 0 Å². The monoisotopic (exact) mass is 263 g/mol. The highest BCUT2D eigenvalue weighted by atomic mass is 16.2. The summed E-state index contributed by atoms with van der Waals surface area (Å²) in [7, 11) is 0. The fourth-order valence-corrected chi connectivity index (χ4v) is 1.73. The minimum absolute atomic E-state index is 0.0491. The number of nitrogens with one attached hydrogen (secondary N) is 2. The standard InChI is InChI=1S/C14H21N3O2/c1-3-4-5-13(18)16-10(2)11-6-8-12(9-7-11)17-14(15)19/h6-10H,3-5H2,1-2H3,(H,16,18)(H3,15,17,19)/t10-/m1/s1. The molecule has 0 unspecified atom stereocenters. The highest BCUT2D eigenvalue weighted by Crippen LogP contribution is 2.16. The maximum atomic E-state index is 11.6. The maximum absolute atomic E-state index is 11.6. The van der Waals surface area contributed by atoms with Gasteiger partial charge in [-0.25, -0.2) is 4.79 Å². The molecule has 0 saturated heterocycles. The molecule has 0 aliphatic rings. The quantitative estimate of drug-likeness (QED) is 0.737. The molecule has 0 saturated carbocycles. The Labute approximate surface area is 113 Å². The molecule has 0 spiro atoms. The topological polar surface area (TPSA) is 84.2 Å². The van der Waals surface area contributed by atoms with Crippen molar-refractivity contribution in [1.29, 1.82) is 0 Å². The zero-order valence-corrected chi connectivity index (χ0v) is 11.4. The third-order valence-corrected chi connectivity index (χ3v) is 2.81. The highest BCUT2D eigenvalue weighted by molar-refractivity contribution is 5.87. The van der Waals surface area contributed by atoms with Crippen molar-refractivity contribution >= 4 is 17.6 Å². The molecule has 1 rings (SSSR count). The van der Waals surface area contributed by atoms with Crippen LogP contribution in [0.1, 0.15) is 44.7 Å². The lowest BCUT2D eigenvalue weighted by Gasteiger charge is -2.14. The van der Waals surface area contributed by atoms with Gasteiger partial charge in [0.15, 0.2) is 0 Å². The first-order valence-electron chi connectivity index (χ1n) is 6.48. The summed E-state index contributed by atoms with van der Waals surface area (Å²) in [6.45, 7) is 3.99. The molecule has 0 aliphatic carbocycles. The van der Waals surface area contributed by atoms with E-state index in [1.54, 1.807) is 12.1 Å². The molecule has 3 amide bonds. The largest absolute Gasteiger partial charge is 0.351 e. The summed E-state index contributed by atoms with van der Waals surface area (Å²) >= 11 is 0. The zero-order valence-electron chi connectivity index (χ0n) is 11.4. The van der Waals surface area contributed by atoms with Crippen LogP contribution >= 0.6 is 0 Å². The lowest BCUT2D eigenvalue weighted by Crippen LogP contribution is -2.26. The van der Waals surface area contributed by atoms with Crippen molar-refractivity contribution < 1.29 is 9.59 Å². The van der Waals surface area contributed by atoms with E-state index >= 15 is 0 Å². The van der Waals surface area contributed by atoms with Gasteiger partial charge in [-0.05, 0) is 31.0 Å². The Bertz CT molecular complexity index is 429. The molecule has 5 heteroatoms. The van der Waals surface area contributed by atoms with Gasteiger partial charge in [-0.15, -0.1) is 0 Å². The Morgan fingerprint density at radius 3 is 2.42 bits per heavy atom. The number of hydrogen-bond acceptors (Lipinski definition) is 2. The molecule has 1 atom stereocenters. The second-order valence-corrected chi connectivity index (χ2v) is 4.50. The van der Waals surface area contributed by atoms with Crippen LogP contribution in [0.3, 0.4) is 0 Å². The van der Waals surface area contributed by atoms with Crippen LogP contribution in [0.2, 0.25) is 0 Å². The molecule has 104 valence electrons. The maximum Gasteiger partial charge on any atom is 0.316 e. The Kier molecular flexibility index (Phi) is 5.85. The number of benzene rings is 1. The number of carbonyl (C=O) groups is 2. The van der Waals surface area contributed by atoms with Gasteiger partial charge in [0.25, 0.3) is 0 Å². The molecular formula is C14H21N3O2. The Morgan fingerprint density at radius 1 is 1.26 bits per heavy atom. The molecule has 0 fully saturated rings. The van der Waals surface area contributed by atoms with Gasteiger partial charge >= 0.3 is 6.03 Å². The van der Waals surface area contributed by atoms with E-state index in [9.17, 15) is 9.59 Å². The van der Waals surface area contributed by atoms with Gasteiger partial charge in [-0.1, -0.05) is 25.5 Å². The Morgan fingerprint density at radius 2 is 1.89 bits per heavy atom. The van der Waals surface area contributed by atoms with Crippen molar-refractivity contribution in [3.05, 3.63) is 29.8 Å². The molecule has 0 aliphatic heterocycles. The van der Waals surface area contributed by atoms with Crippen molar-refractivity contribution in [2.24, 2.45) is 5.73 Å². The number of nitrogens with two attached hydrogens (primary N) is 1. The predicted octanol–water partition coefficient (Wildman–Crippen LogP) is 2.54. The molecule has 19 heavy (non-hydrogen) atoms. The number of amides is 3. The van der Waals surface area contributed by atoms with E-state index in [1.165, 1.54) is 0 Å².